The molecule has 5 heteroatoms. The summed E-state index contributed by atoms with van der Waals surface area (Å²) in [5.74, 6) is 3.87. The summed E-state index contributed by atoms with van der Waals surface area (Å²) in [6.07, 6.45) is 3.08. The van der Waals surface area contributed by atoms with E-state index in [1.165, 1.54) is 23.0 Å². The van der Waals surface area contributed by atoms with Crippen LogP contribution in [0.1, 0.15) is 12.6 Å². The predicted molar refractivity (Wildman–Crippen MR) is 77.9 cm³/mol. The van der Waals surface area contributed by atoms with E-state index in [1.807, 2.05) is 17.9 Å². The van der Waals surface area contributed by atoms with Crippen LogP contribution in [0.2, 0.25) is 0 Å². The van der Waals surface area contributed by atoms with Crippen LogP contribution in [0.5, 0.6) is 0 Å². The largest absolute Gasteiger partial charge is 0.313 e. The number of nitrogens with one attached hydrogen (secondary N) is 1. The van der Waals surface area contributed by atoms with Crippen molar-refractivity contribution in [3.05, 3.63) is 18.0 Å². The van der Waals surface area contributed by atoms with Crippen LogP contribution < -0.4 is 5.32 Å². The van der Waals surface area contributed by atoms with E-state index in [1.54, 1.807) is 0 Å². The molecule has 0 bridgehead atoms. The highest BCUT2D eigenvalue weighted by Crippen LogP contribution is 2.27. The van der Waals surface area contributed by atoms with Gasteiger partial charge in [0, 0.05) is 48.2 Å². The summed E-state index contributed by atoms with van der Waals surface area (Å²) in [7, 11) is 1.98. The molecule has 1 aromatic heterocycles. The molecule has 0 radical (unpaired) electrons. The summed E-state index contributed by atoms with van der Waals surface area (Å²) in [5.41, 5.74) is 1.20. The van der Waals surface area contributed by atoms with Gasteiger partial charge < -0.3 is 5.32 Å². The molecule has 1 aromatic rings. The van der Waals surface area contributed by atoms with Gasteiger partial charge in [0.15, 0.2) is 0 Å². The Kier molecular flexibility index (Phi) is 5.25. The minimum atomic E-state index is 0.563. The lowest BCUT2D eigenvalue weighted by Crippen LogP contribution is -2.42. The van der Waals surface area contributed by atoms with Gasteiger partial charge >= 0.3 is 0 Å². The maximum atomic E-state index is 4.49. The van der Waals surface area contributed by atoms with Gasteiger partial charge in [-0.1, -0.05) is 6.92 Å². The van der Waals surface area contributed by atoms with Crippen molar-refractivity contribution in [1.82, 2.24) is 15.1 Å². The zero-order valence-electron chi connectivity index (χ0n) is 10.6. The molecule has 0 saturated carbocycles. The van der Waals surface area contributed by atoms with Crippen LogP contribution in [-0.2, 0) is 13.5 Å². The first kappa shape index (κ1) is 13.3. The number of aromatic nitrogens is 2. The fourth-order valence-corrected chi connectivity index (χ4v) is 5.02. The Labute approximate surface area is 112 Å². The van der Waals surface area contributed by atoms with Crippen molar-refractivity contribution < 1.29 is 0 Å². The van der Waals surface area contributed by atoms with Gasteiger partial charge in [0.1, 0.15) is 0 Å². The van der Waals surface area contributed by atoms with Gasteiger partial charge in [0.25, 0.3) is 0 Å². The Bertz CT molecular complexity index is 334. The number of hydrogen-bond acceptors (Lipinski definition) is 4. The number of hydrogen-bond donors (Lipinski definition) is 1. The normalized spacial score (nSPS) is 22.6. The Morgan fingerprint density at radius 2 is 2.47 bits per heavy atom. The van der Waals surface area contributed by atoms with Gasteiger partial charge in [-0.3, -0.25) is 4.68 Å². The monoisotopic (exact) mass is 271 g/mol. The lowest BCUT2D eigenvalue weighted by molar-refractivity contribution is 0.514. The lowest BCUT2D eigenvalue weighted by atomic mass is 10.1. The maximum absolute atomic E-state index is 4.49. The van der Waals surface area contributed by atoms with E-state index in [-0.39, 0.29) is 0 Å². The highest BCUT2D eigenvalue weighted by atomic mass is 32.2. The number of aryl methyl sites for hydroxylation is 1. The van der Waals surface area contributed by atoms with Gasteiger partial charge in [0.2, 0.25) is 0 Å². The highest BCUT2D eigenvalue weighted by molar-refractivity contribution is 8.06. The van der Waals surface area contributed by atoms with E-state index in [0.717, 1.165) is 18.2 Å². The molecule has 1 N–H and O–H groups in total. The zero-order chi connectivity index (χ0) is 12.1. The minimum Gasteiger partial charge on any atom is -0.313 e. The maximum Gasteiger partial charge on any atom is 0.0640 e. The predicted octanol–water partition coefficient (Wildman–Crippen LogP) is 1.79. The number of likely N-dealkylation sites (N-methyl/N-ethyl adjacent to an activating group) is 1. The van der Waals surface area contributed by atoms with Crippen LogP contribution in [0.4, 0.5) is 0 Å². The van der Waals surface area contributed by atoms with Gasteiger partial charge in [-0.05, 0) is 12.6 Å². The standard InChI is InChI=1S/C12H21N3S2/c1-3-13-11(12-9-16-6-7-17-12)8-10-4-5-15(2)14-10/h4-5,11-13H,3,6-9H2,1-2H3. The summed E-state index contributed by atoms with van der Waals surface area (Å²) in [5, 5.41) is 8.85. The molecule has 0 amide bonds. The molecule has 0 aromatic carbocycles. The smallest absolute Gasteiger partial charge is 0.0640 e. The van der Waals surface area contributed by atoms with Crippen LogP contribution in [0, 0.1) is 0 Å². The van der Waals surface area contributed by atoms with E-state index in [4.69, 9.17) is 0 Å². The molecule has 1 fully saturated rings. The molecule has 17 heavy (non-hydrogen) atoms. The van der Waals surface area contributed by atoms with E-state index in [0.29, 0.717) is 6.04 Å². The second-order valence-corrected chi connectivity index (χ2v) is 6.83. The molecular formula is C12H21N3S2. The lowest BCUT2D eigenvalue weighted by Gasteiger charge is -2.29. The first-order valence-electron chi connectivity index (χ1n) is 6.21. The van der Waals surface area contributed by atoms with E-state index >= 15 is 0 Å². The average molecular weight is 271 g/mol. The Balaban J connectivity index is 1.95. The Hall–Kier alpha value is -0.130. The molecule has 1 aliphatic heterocycles. The summed E-state index contributed by atoms with van der Waals surface area (Å²) in [4.78, 5) is 0. The SMILES string of the molecule is CCNC(Cc1ccn(C)n1)C1CSCCS1. The van der Waals surface area contributed by atoms with Gasteiger partial charge in [-0.15, -0.1) is 0 Å². The third kappa shape index (κ3) is 3.93. The summed E-state index contributed by atoms with van der Waals surface area (Å²) >= 11 is 4.21. The van der Waals surface area contributed by atoms with Gasteiger partial charge in [-0.25, -0.2) is 0 Å². The molecule has 2 heterocycles. The molecule has 1 saturated heterocycles. The van der Waals surface area contributed by atoms with Crippen molar-refractivity contribution in [2.45, 2.75) is 24.6 Å². The third-order valence-corrected chi connectivity index (χ3v) is 5.87. The number of thioether (sulfide) groups is 2. The molecule has 96 valence electrons. The third-order valence-electron chi connectivity index (χ3n) is 2.95. The van der Waals surface area contributed by atoms with Gasteiger partial charge in [0.05, 0.1) is 5.69 Å². The molecule has 0 spiro atoms. The van der Waals surface area contributed by atoms with Crippen molar-refractivity contribution in [1.29, 1.82) is 0 Å². The Morgan fingerprint density at radius 3 is 3.06 bits per heavy atom. The van der Waals surface area contributed by atoms with Crippen LogP contribution in [0.25, 0.3) is 0 Å². The molecule has 2 rings (SSSR count). The van der Waals surface area contributed by atoms with Crippen molar-refractivity contribution in [3.8, 4) is 0 Å². The molecule has 0 aliphatic carbocycles. The van der Waals surface area contributed by atoms with E-state index < -0.39 is 0 Å². The topological polar surface area (TPSA) is 29.9 Å². The molecule has 2 unspecified atom stereocenters. The second-order valence-electron chi connectivity index (χ2n) is 4.33. The quantitative estimate of drug-likeness (QED) is 0.884. The summed E-state index contributed by atoms with van der Waals surface area (Å²) < 4.78 is 1.89. The van der Waals surface area contributed by atoms with Crippen LogP contribution in [-0.4, -0.2) is 44.9 Å². The average Bonchev–Trinajstić information content (AvgIpc) is 2.75. The minimum absolute atomic E-state index is 0.563. The van der Waals surface area contributed by atoms with Gasteiger partial charge in [-0.2, -0.15) is 28.6 Å². The molecule has 3 nitrogen and oxygen atoms in total. The fourth-order valence-electron chi connectivity index (χ4n) is 2.13. The number of nitrogens with zero attached hydrogens (tertiary/aromatic N) is 2. The van der Waals surface area contributed by atoms with Crippen molar-refractivity contribution in [2.75, 3.05) is 23.8 Å². The van der Waals surface area contributed by atoms with Crippen LogP contribution in [0.3, 0.4) is 0 Å². The first-order chi connectivity index (χ1) is 8.29. The zero-order valence-corrected chi connectivity index (χ0v) is 12.2. The summed E-state index contributed by atoms with van der Waals surface area (Å²) in [6, 6.07) is 2.69. The second kappa shape index (κ2) is 6.71. The van der Waals surface area contributed by atoms with Crippen LogP contribution >= 0.6 is 23.5 Å². The first-order valence-corrected chi connectivity index (χ1v) is 8.41. The molecule has 2 atom stereocenters. The van der Waals surface area contributed by atoms with E-state index in [9.17, 15) is 0 Å². The molecule has 1 aliphatic rings. The van der Waals surface area contributed by atoms with E-state index in [2.05, 4.69) is 46.9 Å². The van der Waals surface area contributed by atoms with Crippen LogP contribution in [0.15, 0.2) is 12.3 Å². The number of rotatable bonds is 5. The van der Waals surface area contributed by atoms with Crippen molar-refractivity contribution >= 4 is 23.5 Å². The summed E-state index contributed by atoms with van der Waals surface area (Å²) in [6.45, 7) is 3.23. The van der Waals surface area contributed by atoms with Crippen molar-refractivity contribution in [2.24, 2.45) is 7.05 Å². The fraction of sp³-hybridized carbons (Fsp3) is 0.750. The Morgan fingerprint density at radius 1 is 1.59 bits per heavy atom. The highest BCUT2D eigenvalue weighted by Gasteiger charge is 2.24. The molecular weight excluding hydrogens is 250 g/mol. The van der Waals surface area contributed by atoms with Crippen molar-refractivity contribution in [3.63, 3.8) is 0 Å².